The number of esters is 1. The maximum Gasteiger partial charge on any atom is 0.357 e. The zero-order valence-corrected chi connectivity index (χ0v) is 20.3. The minimum Gasteiger partial charge on any atom is -0.462 e. The first-order chi connectivity index (χ1) is 17.1. The zero-order valence-electron chi connectivity index (χ0n) is 19.5. The number of aromatic nitrogens is 1. The molecule has 0 amide bonds. The van der Waals surface area contributed by atoms with E-state index in [2.05, 4.69) is 13.2 Å². The molecule has 0 saturated carbocycles. The first-order valence-corrected chi connectivity index (χ1v) is 12.5. The fourth-order valence-electron chi connectivity index (χ4n) is 3.79. The number of hydrogen-bond donors (Lipinski definition) is 0. The fraction of sp³-hybridized carbons (Fsp3) is 0.148. The summed E-state index contributed by atoms with van der Waals surface area (Å²) in [6.45, 7) is 8.96. The SMILES string of the molecule is C=C(C)C(=O)OCCCC(=O)c1ccc(S(=O)(=O)On2c(=C)c3cccc4cccc(c2=O)c43)cc1. The number of ketones is 1. The van der Waals surface area contributed by atoms with E-state index in [1.807, 2.05) is 12.1 Å². The summed E-state index contributed by atoms with van der Waals surface area (Å²) < 4.78 is 36.8. The van der Waals surface area contributed by atoms with Crippen molar-refractivity contribution in [3.05, 3.63) is 94.1 Å². The van der Waals surface area contributed by atoms with E-state index in [1.54, 1.807) is 24.3 Å². The lowest BCUT2D eigenvalue weighted by Gasteiger charge is -2.13. The third-order valence-electron chi connectivity index (χ3n) is 5.64. The van der Waals surface area contributed by atoms with Crippen molar-refractivity contribution in [1.29, 1.82) is 0 Å². The molecule has 0 aliphatic heterocycles. The van der Waals surface area contributed by atoms with Gasteiger partial charge in [0.1, 0.15) is 4.90 Å². The summed E-state index contributed by atoms with van der Waals surface area (Å²) in [7, 11) is -4.41. The van der Waals surface area contributed by atoms with Crippen LogP contribution in [0.5, 0.6) is 0 Å². The minimum absolute atomic E-state index is 0.0718. The van der Waals surface area contributed by atoms with Crippen LogP contribution in [0.4, 0.5) is 0 Å². The molecule has 1 heterocycles. The predicted molar refractivity (Wildman–Crippen MR) is 136 cm³/mol. The predicted octanol–water partition coefficient (Wildman–Crippen LogP) is 3.18. The van der Waals surface area contributed by atoms with Gasteiger partial charge in [-0.25, -0.2) is 4.79 Å². The molecule has 0 unspecified atom stereocenters. The van der Waals surface area contributed by atoms with Crippen LogP contribution in [0.3, 0.4) is 0 Å². The molecule has 36 heavy (non-hydrogen) atoms. The van der Waals surface area contributed by atoms with Gasteiger partial charge in [0.15, 0.2) is 5.78 Å². The van der Waals surface area contributed by atoms with E-state index >= 15 is 0 Å². The fourth-order valence-corrected chi connectivity index (χ4v) is 4.70. The number of pyridine rings is 1. The molecule has 0 saturated heterocycles. The largest absolute Gasteiger partial charge is 0.462 e. The Kier molecular flexibility index (Phi) is 6.76. The van der Waals surface area contributed by atoms with Crippen molar-refractivity contribution in [2.75, 3.05) is 6.61 Å². The highest BCUT2D eigenvalue weighted by Gasteiger charge is 2.21. The number of Topliss-reactive ketones (excluding diaryl/α,β-unsaturated/α-hetero) is 1. The van der Waals surface area contributed by atoms with Crippen LogP contribution in [0.1, 0.15) is 30.1 Å². The van der Waals surface area contributed by atoms with Crippen LogP contribution in [-0.4, -0.2) is 31.5 Å². The Labute approximate surface area is 207 Å². The minimum atomic E-state index is -4.41. The summed E-state index contributed by atoms with van der Waals surface area (Å²) >= 11 is 0. The van der Waals surface area contributed by atoms with Crippen LogP contribution in [0.2, 0.25) is 0 Å². The normalized spacial score (nSPS) is 11.5. The molecule has 0 atom stereocenters. The molecule has 8 nitrogen and oxygen atoms in total. The summed E-state index contributed by atoms with van der Waals surface area (Å²) in [6, 6.07) is 15.7. The van der Waals surface area contributed by atoms with Gasteiger partial charge in [0.2, 0.25) is 0 Å². The first-order valence-electron chi connectivity index (χ1n) is 11.1. The Bertz CT molecular complexity index is 1660. The van der Waals surface area contributed by atoms with Crippen molar-refractivity contribution < 1.29 is 27.0 Å². The molecule has 0 N–H and O–H groups in total. The molecule has 0 bridgehead atoms. The summed E-state index contributed by atoms with van der Waals surface area (Å²) in [5.74, 6) is -0.762. The molecule has 4 aromatic rings. The van der Waals surface area contributed by atoms with Gasteiger partial charge in [0, 0.05) is 28.3 Å². The summed E-state index contributed by atoms with van der Waals surface area (Å²) in [5, 5.41) is 2.51. The van der Waals surface area contributed by atoms with Gasteiger partial charge in [-0.05, 0) is 49.1 Å². The Morgan fingerprint density at radius 3 is 2.25 bits per heavy atom. The van der Waals surface area contributed by atoms with Crippen molar-refractivity contribution in [2.45, 2.75) is 24.7 Å². The average molecular weight is 506 g/mol. The second-order valence-electron chi connectivity index (χ2n) is 8.25. The molecule has 1 aromatic heterocycles. The van der Waals surface area contributed by atoms with Crippen LogP contribution in [0, 0.1) is 0 Å². The maximum absolute atomic E-state index is 13.1. The summed E-state index contributed by atoms with van der Waals surface area (Å²) in [5.41, 5.74) is -0.0808. The molecule has 184 valence electrons. The third-order valence-corrected chi connectivity index (χ3v) is 6.84. The quantitative estimate of drug-likeness (QED) is 0.149. The van der Waals surface area contributed by atoms with Crippen molar-refractivity contribution in [3.63, 3.8) is 0 Å². The molecule has 3 aromatic carbocycles. The number of rotatable bonds is 9. The topological polar surface area (TPSA) is 109 Å². The van der Waals surface area contributed by atoms with Gasteiger partial charge in [-0.3, -0.25) is 13.9 Å². The van der Waals surface area contributed by atoms with Crippen LogP contribution in [-0.2, 0) is 19.6 Å². The monoisotopic (exact) mass is 505 g/mol. The van der Waals surface area contributed by atoms with E-state index in [4.69, 9.17) is 9.02 Å². The summed E-state index contributed by atoms with van der Waals surface area (Å²) in [6.07, 6.45) is 0.424. The van der Waals surface area contributed by atoms with Gasteiger partial charge < -0.3 is 4.74 Å². The Hall–Kier alpha value is -4.24. The first kappa shape index (κ1) is 24.9. The van der Waals surface area contributed by atoms with Gasteiger partial charge in [-0.2, -0.15) is 8.42 Å². The highest BCUT2D eigenvalue weighted by atomic mass is 32.2. The number of carbonyl (C=O) groups is 2. The second kappa shape index (κ2) is 9.79. The van der Waals surface area contributed by atoms with Gasteiger partial charge >= 0.3 is 16.1 Å². The highest BCUT2D eigenvalue weighted by Crippen LogP contribution is 2.22. The smallest absolute Gasteiger partial charge is 0.357 e. The zero-order chi connectivity index (χ0) is 26.0. The number of benzene rings is 3. The molecule has 0 fully saturated rings. The number of ether oxygens (including phenoxy) is 1. The number of hydrogen-bond acceptors (Lipinski definition) is 7. The average Bonchev–Trinajstić information content (AvgIpc) is 2.87. The van der Waals surface area contributed by atoms with E-state index < -0.39 is 21.6 Å². The molecule has 0 aliphatic rings. The second-order valence-corrected chi connectivity index (χ2v) is 9.78. The van der Waals surface area contributed by atoms with Crippen molar-refractivity contribution in [1.82, 2.24) is 4.73 Å². The molecule has 9 heteroatoms. The van der Waals surface area contributed by atoms with Crippen molar-refractivity contribution in [2.24, 2.45) is 0 Å². The van der Waals surface area contributed by atoms with Gasteiger partial charge in [-0.1, -0.05) is 43.5 Å². The van der Waals surface area contributed by atoms with Gasteiger partial charge in [-0.15, -0.1) is 4.73 Å². The van der Waals surface area contributed by atoms with Crippen molar-refractivity contribution >= 4 is 50.0 Å². The standard InChI is InChI=1S/C27H23NO7S/c1-17(2)27(31)34-16-6-11-24(29)19-12-14-21(15-13-19)36(32,33)35-28-18(3)22-9-4-7-20-8-5-10-23(25(20)22)26(28)30/h4-5,7-10,12-15H,1,3,6,11,16H2,2H3. The highest BCUT2D eigenvalue weighted by molar-refractivity contribution is 7.87. The van der Waals surface area contributed by atoms with Crippen LogP contribution >= 0.6 is 0 Å². The molecular formula is C27H23NO7S. The van der Waals surface area contributed by atoms with Crippen LogP contribution in [0.25, 0.3) is 28.1 Å². The van der Waals surface area contributed by atoms with E-state index in [0.29, 0.717) is 32.9 Å². The van der Waals surface area contributed by atoms with Gasteiger partial charge in [0.05, 0.1) is 17.3 Å². The Morgan fingerprint density at radius 1 is 0.972 bits per heavy atom. The lowest BCUT2D eigenvalue weighted by molar-refractivity contribution is -0.139. The molecule has 0 aliphatic carbocycles. The lowest BCUT2D eigenvalue weighted by Crippen LogP contribution is -2.40. The van der Waals surface area contributed by atoms with Gasteiger partial charge in [0.25, 0.3) is 5.56 Å². The number of nitrogens with zero attached hydrogens (tertiary/aromatic N) is 1. The van der Waals surface area contributed by atoms with Crippen molar-refractivity contribution in [3.8, 4) is 0 Å². The van der Waals surface area contributed by atoms with Crippen LogP contribution in [0.15, 0.2) is 82.5 Å². The third kappa shape index (κ3) is 4.78. The molecule has 0 radical (unpaired) electrons. The van der Waals surface area contributed by atoms with E-state index in [1.165, 1.54) is 31.2 Å². The van der Waals surface area contributed by atoms with E-state index in [-0.39, 0.29) is 34.6 Å². The number of carbonyl (C=O) groups excluding carboxylic acids is 2. The summed E-state index contributed by atoms with van der Waals surface area (Å²) in [4.78, 5) is 36.6. The Balaban J connectivity index is 1.54. The molecule has 4 rings (SSSR count). The maximum atomic E-state index is 13.1. The van der Waals surface area contributed by atoms with E-state index in [9.17, 15) is 22.8 Å². The van der Waals surface area contributed by atoms with E-state index in [0.717, 1.165) is 5.39 Å². The molecule has 0 spiro atoms. The van der Waals surface area contributed by atoms with Crippen LogP contribution < -0.4 is 15.2 Å². The Morgan fingerprint density at radius 2 is 1.61 bits per heavy atom. The lowest BCUT2D eigenvalue weighted by atomic mass is 10.0. The molecular weight excluding hydrogens is 482 g/mol.